The number of para-hydroxylation sites is 1. The number of hydrogen-bond acceptors (Lipinski definition) is 4. The quantitative estimate of drug-likeness (QED) is 0.512. The molecule has 3 N–H and O–H groups in total. The predicted molar refractivity (Wildman–Crippen MR) is 116 cm³/mol. The van der Waals surface area contributed by atoms with Gasteiger partial charge in [-0.15, -0.1) is 0 Å². The Morgan fingerprint density at radius 1 is 0.900 bits per heavy atom. The minimum Gasteiger partial charge on any atom is -0.487 e. The number of carbonyl (C=O) groups excluding carboxylic acids is 2. The van der Waals surface area contributed by atoms with Crippen LogP contribution in [-0.4, -0.2) is 30.1 Å². The minimum absolute atomic E-state index is 0.0980. The van der Waals surface area contributed by atoms with E-state index >= 15 is 0 Å². The van der Waals surface area contributed by atoms with E-state index in [9.17, 15) is 9.59 Å². The normalized spacial score (nSPS) is 10.3. The number of aliphatic hydroxyl groups excluding tert-OH is 1. The van der Waals surface area contributed by atoms with E-state index < -0.39 is 5.91 Å². The zero-order valence-corrected chi connectivity index (χ0v) is 16.9. The first-order valence-electron chi connectivity index (χ1n) is 9.34. The summed E-state index contributed by atoms with van der Waals surface area (Å²) in [5, 5.41) is 15.0. The van der Waals surface area contributed by atoms with Crippen LogP contribution >= 0.6 is 11.6 Å². The molecular formula is C23H21ClN2O4. The summed E-state index contributed by atoms with van der Waals surface area (Å²) in [4.78, 5) is 25.3. The van der Waals surface area contributed by atoms with E-state index in [1.807, 2.05) is 18.2 Å². The van der Waals surface area contributed by atoms with Crippen LogP contribution in [0, 0.1) is 0 Å². The van der Waals surface area contributed by atoms with Crippen LogP contribution in [0.1, 0.15) is 26.3 Å². The molecule has 3 rings (SSSR count). The largest absolute Gasteiger partial charge is 0.487 e. The van der Waals surface area contributed by atoms with E-state index in [4.69, 9.17) is 21.4 Å². The molecule has 30 heavy (non-hydrogen) atoms. The van der Waals surface area contributed by atoms with Crippen molar-refractivity contribution in [2.45, 2.75) is 6.61 Å². The summed E-state index contributed by atoms with van der Waals surface area (Å²) >= 11 is 5.92. The molecule has 0 aliphatic rings. The van der Waals surface area contributed by atoms with Gasteiger partial charge in [0.2, 0.25) is 0 Å². The second-order valence-electron chi connectivity index (χ2n) is 6.39. The van der Waals surface area contributed by atoms with Crippen molar-refractivity contribution < 1.29 is 19.4 Å². The Morgan fingerprint density at radius 2 is 1.63 bits per heavy atom. The van der Waals surface area contributed by atoms with Crippen molar-refractivity contribution in [3.8, 4) is 5.75 Å². The van der Waals surface area contributed by atoms with E-state index in [0.717, 1.165) is 5.56 Å². The fourth-order valence-electron chi connectivity index (χ4n) is 2.75. The Hall–Kier alpha value is -3.35. The molecule has 0 heterocycles. The highest BCUT2D eigenvalue weighted by molar-refractivity contribution is 6.30. The average Bonchev–Trinajstić information content (AvgIpc) is 2.78. The van der Waals surface area contributed by atoms with Gasteiger partial charge in [0, 0.05) is 17.1 Å². The molecule has 154 valence electrons. The Kier molecular flexibility index (Phi) is 7.43. The van der Waals surface area contributed by atoms with Crippen molar-refractivity contribution in [1.29, 1.82) is 0 Å². The molecule has 2 amide bonds. The van der Waals surface area contributed by atoms with Crippen LogP contribution in [-0.2, 0) is 6.61 Å². The van der Waals surface area contributed by atoms with E-state index in [-0.39, 0.29) is 36.9 Å². The van der Waals surface area contributed by atoms with Crippen LogP contribution in [0.2, 0.25) is 5.02 Å². The number of benzene rings is 3. The molecule has 0 spiro atoms. The molecule has 0 aliphatic carbocycles. The lowest BCUT2D eigenvalue weighted by atomic mass is 10.1. The summed E-state index contributed by atoms with van der Waals surface area (Å²) in [5.41, 5.74) is 1.83. The third-order valence-electron chi connectivity index (χ3n) is 4.25. The number of aliphatic hydroxyl groups is 1. The number of ether oxygens (including phenoxy) is 1. The molecule has 0 saturated heterocycles. The Labute approximate surface area is 179 Å². The van der Waals surface area contributed by atoms with Crippen LogP contribution in [0.3, 0.4) is 0 Å². The highest BCUT2D eigenvalue weighted by Gasteiger charge is 2.19. The first kappa shape index (κ1) is 21.4. The van der Waals surface area contributed by atoms with Gasteiger partial charge >= 0.3 is 0 Å². The molecule has 3 aromatic rings. The minimum atomic E-state index is -0.427. The molecule has 0 fully saturated rings. The summed E-state index contributed by atoms with van der Waals surface area (Å²) in [5.74, 6) is -0.440. The van der Waals surface area contributed by atoms with Crippen molar-refractivity contribution in [1.82, 2.24) is 5.32 Å². The number of nitrogens with one attached hydrogen (secondary N) is 2. The molecule has 7 heteroatoms. The molecule has 0 unspecified atom stereocenters. The molecule has 0 aliphatic heterocycles. The molecule has 0 aromatic heterocycles. The SMILES string of the molecule is O=C(Nc1c(OCc2ccc(Cl)cc2)cccc1C(=O)NCCO)c1ccccc1. The summed E-state index contributed by atoms with van der Waals surface area (Å²) in [6, 6.07) is 20.8. The van der Waals surface area contributed by atoms with Crippen LogP contribution < -0.4 is 15.4 Å². The van der Waals surface area contributed by atoms with Crippen LogP contribution in [0.5, 0.6) is 5.75 Å². The second-order valence-corrected chi connectivity index (χ2v) is 6.83. The average molecular weight is 425 g/mol. The topological polar surface area (TPSA) is 87.7 Å². The first-order chi connectivity index (χ1) is 14.6. The zero-order chi connectivity index (χ0) is 21.3. The number of rotatable bonds is 8. The van der Waals surface area contributed by atoms with E-state index in [1.165, 1.54) is 0 Å². The fraction of sp³-hybridized carbons (Fsp3) is 0.130. The van der Waals surface area contributed by atoms with Gasteiger partial charge in [-0.05, 0) is 42.0 Å². The van der Waals surface area contributed by atoms with Gasteiger partial charge < -0.3 is 20.5 Å². The molecule has 0 saturated carbocycles. The van der Waals surface area contributed by atoms with Gasteiger partial charge in [-0.25, -0.2) is 0 Å². The van der Waals surface area contributed by atoms with Gasteiger partial charge in [0.1, 0.15) is 12.4 Å². The number of hydrogen-bond donors (Lipinski definition) is 3. The third-order valence-corrected chi connectivity index (χ3v) is 4.50. The first-order valence-corrected chi connectivity index (χ1v) is 9.72. The van der Waals surface area contributed by atoms with Crippen molar-refractivity contribution in [2.75, 3.05) is 18.5 Å². The molecular weight excluding hydrogens is 404 g/mol. The van der Waals surface area contributed by atoms with Crippen molar-refractivity contribution in [2.24, 2.45) is 0 Å². The summed E-state index contributed by atoms with van der Waals surface area (Å²) < 4.78 is 5.91. The molecule has 0 bridgehead atoms. The summed E-state index contributed by atoms with van der Waals surface area (Å²) in [6.45, 7) is 0.137. The molecule has 0 radical (unpaired) electrons. The maximum absolute atomic E-state index is 12.7. The maximum atomic E-state index is 12.7. The van der Waals surface area contributed by atoms with Gasteiger partial charge in [0.15, 0.2) is 0 Å². The summed E-state index contributed by atoms with van der Waals surface area (Å²) in [7, 11) is 0. The number of halogens is 1. The van der Waals surface area contributed by atoms with E-state index in [0.29, 0.717) is 16.3 Å². The second kappa shape index (κ2) is 10.4. The Balaban J connectivity index is 1.89. The highest BCUT2D eigenvalue weighted by Crippen LogP contribution is 2.30. The fourth-order valence-corrected chi connectivity index (χ4v) is 2.88. The lowest BCUT2D eigenvalue weighted by Crippen LogP contribution is -2.28. The molecule has 0 atom stereocenters. The Bertz CT molecular complexity index is 1010. The number of anilines is 1. The lowest BCUT2D eigenvalue weighted by molar-refractivity contribution is 0.0945. The van der Waals surface area contributed by atoms with Crippen molar-refractivity contribution in [3.05, 3.63) is 94.5 Å². The van der Waals surface area contributed by atoms with E-state index in [1.54, 1.807) is 54.6 Å². The molecule has 6 nitrogen and oxygen atoms in total. The van der Waals surface area contributed by atoms with Crippen LogP contribution in [0.15, 0.2) is 72.8 Å². The number of amides is 2. The van der Waals surface area contributed by atoms with E-state index in [2.05, 4.69) is 10.6 Å². The smallest absolute Gasteiger partial charge is 0.255 e. The lowest BCUT2D eigenvalue weighted by Gasteiger charge is -2.16. The van der Waals surface area contributed by atoms with Gasteiger partial charge in [0.05, 0.1) is 17.9 Å². The van der Waals surface area contributed by atoms with Crippen molar-refractivity contribution >= 4 is 29.1 Å². The van der Waals surface area contributed by atoms with Crippen LogP contribution in [0.4, 0.5) is 5.69 Å². The molecule has 3 aromatic carbocycles. The standard InChI is InChI=1S/C23H21ClN2O4/c24-18-11-9-16(10-12-18)15-30-20-8-4-7-19(23(29)25-13-14-27)21(20)26-22(28)17-5-2-1-3-6-17/h1-12,27H,13-15H2,(H,25,29)(H,26,28). The van der Waals surface area contributed by atoms with Crippen LogP contribution in [0.25, 0.3) is 0 Å². The van der Waals surface area contributed by atoms with Gasteiger partial charge in [-0.1, -0.05) is 48.0 Å². The predicted octanol–water partition coefficient (Wildman–Crippen LogP) is 3.89. The van der Waals surface area contributed by atoms with Crippen molar-refractivity contribution in [3.63, 3.8) is 0 Å². The highest BCUT2D eigenvalue weighted by atomic mass is 35.5. The van der Waals surface area contributed by atoms with Gasteiger partial charge in [-0.3, -0.25) is 9.59 Å². The monoisotopic (exact) mass is 424 g/mol. The summed E-state index contributed by atoms with van der Waals surface area (Å²) in [6.07, 6.45) is 0. The zero-order valence-electron chi connectivity index (χ0n) is 16.1. The maximum Gasteiger partial charge on any atom is 0.255 e. The third kappa shape index (κ3) is 5.59. The number of carbonyl (C=O) groups is 2. The van der Waals surface area contributed by atoms with Gasteiger partial charge in [0.25, 0.3) is 11.8 Å². The Morgan fingerprint density at radius 3 is 2.33 bits per heavy atom. The van der Waals surface area contributed by atoms with Gasteiger partial charge in [-0.2, -0.15) is 0 Å².